The Hall–Kier alpha value is -2.28. The van der Waals surface area contributed by atoms with Crippen molar-refractivity contribution in [2.75, 3.05) is 46.0 Å². The van der Waals surface area contributed by atoms with Crippen LogP contribution >= 0.6 is 0 Å². The first-order valence-corrected chi connectivity index (χ1v) is 9.73. The van der Waals surface area contributed by atoms with Crippen LogP contribution in [-0.2, 0) is 9.53 Å². The van der Waals surface area contributed by atoms with Crippen molar-refractivity contribution < 1.29 is 23.8 Å². The van der Waals surface area contributed by atoms with E-state index in [1.807, 2.05) is 13.8 Å². The number of hydrogen-bond donors (Lipinski definition) is 0. The average molecular weight is 376 g/mol. The van der Waals surface area contributed by atoms with E-state index in [4.69, 9.17) is 14.2 Å². The molecule has 0 radical (unpaired) electrons. The van der Waals surface area contributed by atoms with Crippen molar-refractivity contribution in [2.24, 2.45) is 0 Å². The Balaban J connectivity index is 1.64. The second-order valence-corrected chi connectivity index (χ2v) is 6.64. The topological polar surface area (TPSA) is 68.3 Å². The highest BCUT2D eigenvalue weighted by Crippen LogP contribution is 2.27. The molecule has 1 aromatic rings. The van der Waals surface area contributed by atoms with Gasteiger partial charge in [-0.05, 0) is 38.8 Å². The minimum Gasteiger partial charge on any atom is -0.494 e. The fraction of sp³-hybridized carbons (Fsp3) is 0.600. The molecule has 27 heavy (non-hydrogen) atoms. The van der Waals surface area contributed by atoms with E-state index in [1.165, 1.54) is 0 Å². The van der Waals surface area contributed by atoms with Crippen molar-refractivity contribution in [3.8, 4) is 11.5 Å². The SMILES string of the molecule is CCOc1ccc(C(=O)N2CCN(C(=O)[C@@H]3CCCO3)CC2)c(OCC)c1. The molecular formula is C20H28N2O5. The predicted molar refractivity (Wildman–Crippen MR) is 100 cm³/mol. The number of amides is 2. The molecule has 0 bridgehead atoms. The van der Waals surface area contributed by atoms with Crippen LogP contribution in [0.4, 0.5) is 0 Å². The third kappa shape index (κ3) is 4.53. The molecule has 0 N–H and O–H groups in total. The summed E-state index contributed by atoms with van der Waals surface area (Å²) in [6.07, 6.45) is 1.43. The Kier molecular flexibility index (Phi) is 6.55. The van der Waals surface area contributed by atoms with Crippen LogP contribution in [0.1, 0.15) is 37.0 Å². The van der Waals surface area contributed by atoms with Crippen LogP contribution in [0.5, 0.6) is 11.5 Å². The van der Waals surface area contributed by atoms with Crippen LogP contribution in [0.25, 0.3) is 0 Å². The second-order valence-electron chi connectivity index (χ2n) is 6.64. The summed E-state index contributed by atoms with van der Waals surface area (Å²) in [6.45, 7) is 7.57. The Morgan fingerprint density at radius 2 is 1.78 bits per heavy atom. The number of hydrogen-bond acceptors (Lipinski definition) is 5. The molecule has 7 heteroatoms. The van der Waals surface area contributed by atoms with Crippen molar-refractivity contribution in [3.05, 3.63) is 23.8 Å². The summed E-state index contributed by atoms with van der Waals surface area (Å²) in [6, 6.07) is 5.30. The number of nitrogens with zero attached hydrogens (tertiary/aromatic N) is 2. The Morgan fingerprint density at radius 1 is 1.07 bits per heavy atom. The van der Waals surface area contributed by atoms with E-state index in [0.717, 1.165) is 12.8 Å². The number of carbonyl (C=O) groups excluding carboxylic acids is 2. The third-order valence-electron chi connectivity index (χ3n) is 4.88. The van der Waals surface area contributed by atoms with Gasteiger partial charge in [0.1, 0.15) is 17.6 Å². The van der Waals surface area contributed by atoms with E-state index >= 15 is 0 Å². The maximum atomic E-state index is 13.0. The maximum absolute atomic E-state index is 13.0. The highest BCUT2D eigenvalue weighted by molar-refractivity contribution is 5.97. The van der Waals surface area contributed by atoms with Gasteiger partial charge >= 0.3 is 0 Å². The van der Waals surface area contributed by atoms with E-state index in [-0.39, 0.29) is 17.9 Å². The molecule has 0 unspecified atom stereocenters. The number of rotatable bonds is 6. The largest absolute Gasteiger partial charge is 0.494 e. The van der Waals surface area contributed by atoms with Crippen LogP contribution in [0.2, 0.25) is 0 Å². The number of benzene rings is 1. The first kappa shape index (κ1) is 19.5. The van der Waals surface area contributed by atoms with E-state index in [2.05, 4.69) is 0 Å². The Labute approximate surface area is 160 Å². The quantitative estimate of drug-likeness (QED) is 0.759. The van der Waals surface area contributed by atoms with Gasteiger partial charge in [-0.2, -0.15) is 0 Å². The van der Waals surface area contributed by atoms with Gasteiger partial charge in [0, 0.05) is 38.9 Å². The van der Waals surface area contributed by atoms with Gasteiger partial charge in [0.2, 0.25) is 0 Å². The maximum Gasteiger partial charge on any atom is 0.257 e. The lowest BCUT2D eigenvalue weighted by atomic mass is 10.1. The van der Waals surface area contributed by atoms with Crippen molar-refractivity contribution >= 4 is 11.8 Å². The predicted octanol–water partition coefficient (Wildman–Crippen LogP) is 1.95. The van der Waals surface area contributed by atoms with E-state index < -0.39 is 0 Å². The zero-order valence-electron chi connectivity index (χ0n) is 16.1. The molecule has 2 amide bonds. The number of piperazine rings is 1. The van der Waals surface area contributed by atoms with E-state index in [9.17, 15) is 9.59 Å². The van der Waals surface area contributed by atoms with Crippen LogP contribution in [-0.4, -0.2) is 73.7 Å². The molecule has 2 aliphatic heterocycles. The van der Waals surface area contributed by atoms with Gasteiger partial charge in [0.05, 0.1) is 18.8 Å². The van der Waals surface area contributed by atoms with Crippen LogP contribution < -0.4 is 9.47 Å². The highest BCUT2D eigenvalue weighted by Gasteiger charge is 2.32. The molecule has 1 aromatic carbocycles. The molecule has 2 fully saturated rings. The van der Waals surface area contributed by atoms with Crippen molar-refractivity contribution in [3.63, 3.8) is 0 Å². The fourth-order valence-electron chi connectivity index (χ4n) is 3.49. The van der Waals surface area contributed by atoms with Crippen molar-refractivity contribution in [1.82, 2.24) is 9.80 Å². The molecule has 148 valence electrons. The molecule has 0 aromatic heterocycles. The lowest BCUT2D eigenvalue weighted by molar-refractivity contribution is -0.142. The third-order valence-corrected chi connectivity index (χ3v) is 4.88. The molecule has 2 heterocycles. The van der Waals surface area contributed by atoms with Crippen molar-refractivity contribution in [1.29, 1.82) is 0 Å². The number of ether oxygens (including phenoxy) is 3. The van der Waals surface area contributed by atoms with Crippen LogP contribution in [0.3, 0.4) is 0 Å². The Bertz CT molecular complexity index is 664. The van der Waals surface area contributed by atoms with Gasteiger partial charge in [-0.15, -0.1) is 0 Å². The molecular weight excluding hydrogens is 348 g/mol. The molecule has 2 aliphatic rings. The minimum absolute atomic E-state index is 0.0515. The molecule has 0 aliphatic carbocycles. The van der Waals surface area contributed by atoms with Gasteiger partial charge in [-0.3, -0.25) is 9.59 Å². The van der Waals surface area contributed by atoms with E-state index in [0.29, 0.717) is 63.1 Å². The summed E-state index contributed by atoms with van der Waals surface area (Å²) in [5.74, 6) is 1.19. The molecule has 3 rings (SSSR count). The van der Waals surface area contributed by atoms with Crippen LogP contribution in [0.15, 0.2) is 18.2 Å². The zero-order chi connectivity index (χ0) is 19.2. The summed E-state index contributed by atoms with van der Waals surface area (Å²) < 4.78 is 16.6. The minimum atomic E-state index is -0.303. The van der Waals surface area contributed by atoms with Crippen LogP contribution in [0, 0.1) is 0 Å². The summed E-state index contributed by atoms with van der Waals surface area (Å²) in [5.41, 5.74) is 0.527. The van der Waals surface area contributed by atoms with Gasteiger partial charge in [-0.25, -0.2) is 0 Å². The zero-order valence-corrected chi connectivity index (χ0v) is 16.1. The summed E-state index contributed by atoms with van der Waals surface area (Å²) >= 11 is 0. The Morgan fingerprint density at radius 3 is 2.41 bits per heavy atom. The molecule has 1 atom stereocenters. The molecule has 0 spiro atoms. The highest BCUT2D eigenvalue weighted by atomic mass is 16.5. The fourth-order valence-corrected chi connectivity index (χ4v) is 3.49. The average Bonchev–Trinajstić information content (AvgIpc) is 3.23. The van der Waals surface area contributed by atoms with Gasteiger partial charge in [0.15, 0.2) is 0 Å². The van der Waals surface area contributed by atoms with Gasteiger partial charge in [0.25, 0.3) is 11.8 Å². The lowest BCUT2D eigenvalue weighted by Gasteiger charge is -2.36. The second kappa shape index (κ2) is 9.08. The lowest BCUT2D eigenvalue weighted by Crippen LogP contribution is -2.52. The first-order chi connectivity index (χ1) is 13.1. The molecule has 2 saturated heterocycles. The first-order valence-electron chi connectivity index (χ1n) is 9.73. The van der Waals surface area contributed by atoms with Gasteiger partial charge < -0.3 is 24.0 Å². The van der Waals surface area contributed by atoms with Gasteiger partial charge in [-0.1, -0.05) is 0 Å². The summed E-state index contributed by atoms with van der Waals surface area (Å²) in [4.78, 5) is 29.0. The molecule has 0 saturated carbocycles. The van der Waals surface area contributed by atoms with E-state index in [1.54, 1.807) is 28.0 Å². The standard InChI is InChI=1S/C20H28N2O5/c1-3-25-15-7-8-16(18(14-15)26-4-2)19(23)21-9-11-22(12-10-21)20(24)17-6-5-13-27-17/h7-8,14,17H,3-6,9-13H2,1-2H3/t17-/m0/s1. The summed E-state index contributed by atoms with van der Waals surface area (Å²) in [5, 5.41) is 0. The molecule has 7 nitrogen and oxygen atoms in total. The monoisotopic (exact) mass is 376 g/mol. The van der Waals surface area contributed by atoms with Crippen molar-refractivity contribution in [2.45, 2.75) is 32.8 Å². The normalized spacial score (nSPS) is 19.9. The number of carbonyl (C=O) groups is 2. The summed E-state index contributed by atoms with van der Waals surface area (Å²) in [7, 11) is 0. The smallest absolute Gasteiger partial charge is 0.257 e.